The van der Waals surface area contributed by atoms with Crippen LogP contribution in [0.2, 0.25) is 0 Å². The van der Waals surface area contributed by atoms with Crippen LogP contribution in [0, 0.1) is 0 Å². The fourth-order valence-corrected chi connectivity index (χ4v) is 2.03. The molecular weight excluding hydrogens is 262 g/mol. The average molecular weight is 279 g/mol. The Kier molecular flexibility index (Phi) is 4.52. The normalized spacial score (nSPS) is 20.9. The van der Waals surface area contributed by atoms with E-state index >= 15 is 0 Å². The van der Waals surface area contributed by atoms with Gasteiger partial charge in [0.2, 0.25) is 0 Å². The fraction of sp³-hybridized carbons (Fsp3) is 0.462. The molecule has 2 rings (SSSR count). The second kappa shape index (κ2) is 6.33. The van der Waals surface area contributed by atoms with E-state index in [0.29, 0.717) is 12.3 Å². The molecule has 20 heavy (non-hydrogen) atoms. The average Bonchev–Trinajstić information content (AvgIpc) is 2.36. The third kappa shape index (κ3) is 3.67. The molecule has 7 heteroatoms. The van der Waals surface area contributed by atoms with Gasteiger partial charge in [-0.3, -0.25) is 4.98 Å². The minimum Gasteiger partial charge on any atom is -0.478 e. The molecule has 0 bridgehead atoms. The molecule has 0 unspecified atom stereocenters. The molecule has 1 heterocycles. The summed E-state index contributed by atoms with van der Waals surface area (Å²) in [5.41, 5.74) is 0.380. The van der Waals surface area contributed by atoms with Gasteiger partial charge < -0.3 is 20.5 Å². The van der Waals surface area contributed by atoms with Gasteiger partial charge in [-0.05, 0) is 25.8 Å². The summed E-state index contributed by atoms with van der Waals surface area (Å²) in [6.45, 7) is 2.62. The minimum atomic E-state index is -1.08. The largest absolute Gasteiger partial charge is 0.478 e. The number of urea groups is 1. The SMILES string of the molecule is CCOC1CC(NC(=O)Nc2cncc(C(=O)O)c2)C1. The highest BCUT2D eigenvalue weighted by Crippen LogP contribution is 2.23. The zero-order valence-corrected chi connectivity index (χ0v) is 11.1. The highest BCUT2D eigenvalue weighted by Gasteiger charge is 2.30. The van der Waals surface area contributed by atoms with Gasteiger partial charge in [0.25, 0.3) is 0 Å². The predicted molar refractivity (Wildman–Crippen MR) is 71.8 cm³/mol. The lowest BCUT2D eigenvalue weighted by Crippen LogP contribution is -2.49. The van der Waals surface area contributed by atoms with Crippen LogP contribution in [-0.2, 0) is 4.74 Å². The van der Waals surface area contributed by atoms with Crippen molar-refractivity contribution in [3.05, 3.63) is 24.0 Å². The van der Waals surface area contributed by atoms with Gasteiger partial charge in [0.05, 0.1) is 23.6 Å². The number of rotatable bonds is 5. The number of amides is 2. The molecule has 3 N–H and O–H groups in total. The molecule has 1 saturated carbocycles. The Morgan fingerprint density at radius 3 is 2.85 bits per heavy atom. The number of aromatic nitrogens is 1. The molecule has 0 aliphatic heterocycles. The van der Waals surface area contributed by atoms with Gasteiger partial charge in [0.1, 0.15) is 0 Å². The Morgan fingerprint density at radius 2 is 2.20 bits per heavy atom. The number of hydrogen-bond acceptors (Lipinski definition) is 4. The van der Waals surface area contributed by atoms with E-state index in [4.69, 9.17) is 9.84 Å². The van der Waals surface area contributed by atoms with E-state index in [1.165, 1.54) is 18.5 Å². The highest BCUT2D eigenvalue weighted by atomic mass is 16.5. The zero-order chi connectivity index (χ0) is 14.5. The summed E-state index contributed by atoms with van der Waals surface area (Å²) in [6.07, 6.45) is 4.45. The van der Waals surface area contributed by atoms with Gasteiger partial charge in [0.15, 0.2) is 0 Å². The van der Waals surface area contributed by atoms with E-state index in [0.717, 1.165) is 12.8 Å². The number of aromatic carboxylic acids is 1. The van der Waals surface area contributed by atoms with Crippen molar-refractivity contribution in [2.24, 2.45) is 0 Å². The van der Waals surface area contributed by atoms with Crippen LogP contribution >= 0.6 is 0 Å². The van der Waals surface area contributed by atoms with Crippen LogP contribution in [0.5, 0.6) is 0 Å². The molecule has 0 aromatic carbocycles. The van der Waals surface area contributed by atoms with E-state index in [2.05, 4.69) is 15.6 Å². The molecule has 1 fully saturated rings. The Balaban J connectivity index is 1.80. The van der Waals surface area contributed by atoms with Crippen molar-refractivity contribution in [3.63, 3.8) is 0 Å². The van der Waals surface area contributed by atoms with E-state index in [-0.39, 0.29) is 23.7 Å². The van der Waals surface area contributed by atoms with Crippen molar-refractivity contribution in [1.82, 2.24) is 10.3 Å². The molecule has 1 aliphatic carbocycles. The molecule has 0 saturated heterocycles. The predicted octanol–water partition coefficient (Wildman–Crippen LogP) is 1.47. The van der Waals surface area contributed by atoms with Crippen molar-refractivity contribution < 1.29 is 19.4 Å². The number of carboxylic acids is 1. The van der Waals surface area contributed by atoms with E-state index in [1.807, 2.05) is 6.92 Å². The first-order valence-corrected chi connectivity index (χ1v) is 6.46. The summed E-state index contributed by atoms with van der Waals surface area (Å²) in [5.74, 6) is -1.08. The zero-order valence-electron chi connectivity index (χ0n) is 11.1. The summed E-state index contributed by atoms with van der Waals surface area (Å²) in [5, 5.41) is 14.2. The molecule has 1 aromatic rings. The van der Waals surface area contributed by atoms with Crippen LogP contribution in [0.4, 0.5) is 10.5 Å². The van der Waals surface area contributed by atoms with E-state index in [9.17, 15) is 9.59 Å². The van der Waals surface area contributed by atoms with Crippen molar-refractivity contribution >= 4 is 17.7 Å². The van der Waals surface area contributed by atoms with Gasteiger partial charge in [0, 0.05) is 18.8 Å². The van der Waals surface area contributed by atoms with Crippen LogP contribution in [0.25, 0.3) is 0 Å². The molecule has 1 aliphatic rings. The first kappa shape index (κ1) is 14.3. The molecule has 7 nitrogen and oxygen atoms in total. The highest BCUT2D eigenvalue weighted by molar-refractivity contribution is 5.92. The third-order valence-corrected chi connectivity index (χ3v) is 3.08. The van der Waals surface area contributed by atoms with Gasteiger partial charge in [-0.2, -0.15) is 0 Å². The Labute approximate surface area is 116 Å². The number of carboxylic acid groups (broad SMARTS) is 1. The van der Waals surface area contributed by atoms with Crippen LogP contribution in [-0.4, -0.2) is 40.8 Å². The molecule has 108 valence electrons. The lowest BCUT2D eigenvalue weighted by Gasteiger charge is -2.35. The number of carbonyl (C=O) groups excluding carboxylic acids is 1. The van der Waals surface area contributed by atoms with Gasteiger partial charge in [-0.15, -0.1) is 0 Å². The third-order valence-electron chi connectivity index (χ3n) is 3.08. The Bertz CT molecular complexity index is 500. The summed E-state index contributed by atoms with van der Waals surface area (Å²) < 4.78 is 5.40. The van der Waals surface area contributed by atoms with Crippen LogP contribution in [0.3, 0.4) is 0 Å². The summed E-state index contributed by atoms with van der Waals surface area (Å²) in [7, 11) is 0. The molecule has 1 aromatic heterocycles. The molecule has 0 atom stereocenters. The smallest absolute Gasteiger partial charge is 0.337 e. The van der Waals surface area contributed by atoms with Crippen LogP contribution < -0.4 is 10.6 Å². The first-order chi connectivity index (χ1) is 9.58. The summed E-state index contributed by atoms with van der Waals surface area (Å²) in [4.78, 5) is 26.3. The maximum absolute atomic E-state index is 11.7. The number of ether oxygens (including phenoxy) is 1. The number of nitrogens with zero attached hydrogens (tertiary/aromatic N) is 1. The lowest BCUT2D eigenvalue weighted by atomic mass is 9.89. The maximum atomic E-state index is 11.7. The Hall–Kier alpha value is -2.15. The number of carbonyl (C=O) groups is 2. The number of nitrogens with one attached hydrogen (secondary N) is 2. The molecular formula is C13H17N3O4. The quantitative estimate of drug-likeness (QED) is 0.757. The van der Waals surface area contributed by atoms with Gasteiger partial charge in [-0.25, -0.2) is 9.59 Å². The Morgan fingerprint density at radius 1 is 1.45 bits per heavy atom. The second-order valence-electron chi connectivity index (χ2n) is 4.61. The van der Waals surface area contributed by atoms with Crippen LogP contribution in [0.15, 0.2) is 18.5 Å². The van der Waals surface area contributed by atoms with Crippen molar-refractivity contribution in [1.29, 1.82) is 0 Å². The minimum absolute atomic E-state index is 0.0304. The fourth-order valence-electron chi connectivity index (χ4n) is 2.03. The monoisotopic (exact) mass is 279 g/mol. The van der Waals surface area contributed by atoms with Crippen molar-refractivity contribution in [3.8, 4) is 0 Å². The van der Waals surface area contributed by atoms with Crippen molar-refractivity contribution in [2.75, 3.05) is 11.9 Å². The van der Waals surface area contributed by atoms with Crippen LogP contribution in [0.1, 0.15) is 30.1 Å². The summed E-state index contributed by atoms with van der Waals surface area (Å²) in [6, 6.07) is 1.09. The summed E-state index contributed by atoms with van der Waals surface area (Å²) >= 11 is 0. The molecule has 2 amide bonds. The topological polar surface area (TPSA) is 101 Å². The maximum Gasteiger partial charge on any atom is 0.337 e. The molecule has 0 spiro atoms. The van der Waals surface area contributed by atoms with E-state index in [1.54, 1.807) is 0 Å². The second-order valence-corrected chi connectivity index (χ2v) is 4.61. The standard InChI is InChI=1S/C13H17N3O4/c1-2-20-11-4-9(5-11)15-13(19)16-10-3-8(12(17)18)6-14-7-10/h3,6-7,9,11H,2,4-5H2,1H3,(H,17,18)(H2,15,16,19). The molecule has 0 radical (unpaired) electrons. The number of anilines is 1. The first-order valence-electron chi connectivity index (χ1n) is 6.46. The number of hydrogen-bond donors (Lipinski definition) is 3. The number of pyridine rings is 1. The van der Waals surface area contributed by atoms with Gasteiger partial charge >= 0.3 is 12.0 Å². The van der Waals surface area contributed by atoms with Crippen molar-refractivity contribution in [2.45, 2.75) is 31.9 Å². The van der Waals surface area contributed by atoms with Gasteiger partial charge in [-0.1, -0.05) is 0 Å². The van der Waals surface area contributed by atoms with E-state index < -0.39 is 5.97 Å². The lowest BCUT2D eigenvalue weighted by molar-refractivity contribution is -0.00673.